The number of nitrogens with zero attached hydrogens (tertiary/aromatic N) is 2. The van der Waals surface area contributed by atoms with Crippen molar-refractivity contribution in [1.29, 1.82) is 0 Å². The molecule has 22 nitrogen and oxygen atoms in total. The molecule has 0 spiro atoms. The van der Waals surface area contributed by atoms with E-state index >= 15 is 0 Å². The number of carbonyl (C=O) groups excluding carboxylic acids is 8. The number of rotatable bonds is 18. The van der Waals surface area contributed by atoms with Gasteiger partial charge in [-0.25, -0.2) is 4.98 Å². The molecule has 1 saturated heterocycles. The van der Waals surface area contributed by atoms with Gasteiger partial charge in [-0.05, 0) is 63.0 Å². The van der Waals surface area contributed by atoms with Crippen molar-refractivity contribution in [2.75, 3.05) is 18.8 Å². The number of amides is 8. The smallest absolute Gasteiger partial charge is 0.244 e. The van der Waals surface area contributed by atoms with Crippen LogP contribution >= 0.6 is 12.6 Å². The van der Waals surface area contributed by atoms with Crippen molar-refractivity contribution >= 4 is 65.8 Å². The standard InChI is InChI=1S/C41H64N14O8S/c1-23(2)17-29-37(60)54-31(19-25-20-46-22-48-25)39(62)53-30(18-24-9-4-3-5-10-24)38(61)51-28(13-14-33(43)56)36(59)50-27(12-8-16-47-41(44)45)34(57)49-26(11-6-7-15-42)35(58)55-32(21-64)40(63)52-29/h3-5,9-10,20,22-23,26-32,64H,6-8,11-19,21,42H2,1-2H3,(H2,43,56)(H,46,48)(H,49,57)(H,50,59)(H,51,61)(H,52,63)(H,53,62)(H,54,60)(H,55,58)(H4,44,45,47)/t26-,27-,28-,29-,30-,31-,32-/m0/s1. The van der Waals surface area contributed by atoms with Crippen LogP contribution in [0.3, 0.4) is 0 Å². The van der Waals surface area contributed by atoms with E-state index in [1.54, 1.807) is 30.3 Å². The van der Waals surface area contributed by atoms with Crippen LogP contribution in [0.5, 0.6) is 0 Å². The van der Waals surface area contributed by atoms with Crippen molar-refractivity contribution in [2.24, 2.45) is 33.8 Å². The molecule has 0 saturated carbocycles. The van der Waals surface area contributed by atoms with E-state index in [0.717, 1.165) is 0 Å². The van der Waals surface area contributed by atoms with E-state index < -0.39 is 89.6 Å². The number of aromatic amines is 1. The Bertz CT molecular complexity index is 1900. The first-order valence-electron chi connectivity index (χ1n) is 21.3. The number of hydrogen-bond acceptors (Lipinski definition) is 12. The van der Waals surface area contributed by atoms with Crippen LogP contribution in [-0.4, -0.2) is 124 Å². The van der Waals surface area contributed by atoms with Crippen LogP contribution in [0.1, 0.15) is 76.5 Å². The van der Waals surface area contributed by atoms with Crippen LogP contribution in [0.4, 0.5) is 0 Å². The Labute approximate surface area is 377 Å². The van der Waals surface area contributed by atoms with Gasteiger partial charge in [0.25, 0.3) is 0 Å². The molecule has 1 aliphatic rings. The van der Waals surface area contributed by atoms with Gasteiger partial charge in [-0.15, -0.1) is 0 Å². The molecule has 3 rings (SSSR count). The number of aromatic nitrogens is 2. The molecule has 352 valence electrons. The Morgan fingerprint density at radius 3 is 1.66 bits per heavy atom. The molecule has 0 aliphatic carbocycles. The zero-order valence-corrected chi connectivity index (χ0v) is 37.2. The number of imidazole rings is 1. The van der Waals surface area contributed by atoms with Gasteiger partial charge in [0, 0.05) is 43.5 Å². The van der Waals surface area contributed by atoms with E-state index in [4.69, 9.17) is 22.9 Å². The highest BCUT2D eigenvalue weighted by Gasteiger charge is 2.36. The quantitative estimate of drug-likeness (QED) is 0.0309. The fourth-order valence-electron chi connectivity index (χ4n) is 6.78. The number of aliphatic imine (C=N–C) groups is 1. The van der Waals surface area contributed by atoms with Crippen molar-refractivity contribution in [3.8, 4) is 0 Å². The molecular weight excluding hydrogens is 849 g/mol. The lowest BCUT2D eigenvalue weighted by molar-refractivity contribution is -0.135. The number of carbonyl (C=O) groups is 8. The number of benzene rings is 1. The lowest BCUT2D eigenvalue weighted by atomic mass is 10.0. The maximum Gasteiger partial charge on any atom is 0.244 e. The minimum atomic E-state index is -1.47. The molecule has 2 aromatic rings. The molecule has 2 heterocycles. The minimum absolute atomic E-state index is 0.0493. The Morgan fingerprint density at radius 1 is 0.656 bits per heavy atom. The van der Waals surface area contributed by atoms with Gasteiger partial charge in [-0.2, -0.15) is 12.6 Å². The second-order valence-corrected chi connectivity index (χ2v) is 16.3. The number of primary amides is 1. The molecule has 23 heteroatoms. The highest BCUT2D eigenvalue weighted by atomic mass is 32.1. The minimum Gasteiger partial charge on any atom is -0.370 e. The number of guanidine groups is 1. The molecule has 1 aromatic carbocycles. The Kier molecular flexibility index (Phi) is 22.0. The molecule has 0 bridgehead atoms. The first-order chi connectivity index (χ1) is 30.5. The summed E-state index contributed by atoms with van der Waals surface area (Å²) < 4.78 is 0. The maximum absolute atomic E-state index is 14.3. The predicted molar refractivity (Wildman–Crippen MR) is 241 cm³/mol. The van der Waals surface area contributed by atoms with Crippen LogP contribution in [0.25, 0.3) is 0 Å². The van der Waals surface area contributed by atoms with Crippen LogP contribution in [0, 0.1) is 5.92 Å². The zero-order chi connectivity index (χ0) is 47.2. The molecule has 0 radical (unpaired) electrons. The largest absolute Gasteiger partial charge is 0.370 e. The van der Waals surface area contributed by atoms with Crippen molar-refractivity contribution < 1.29 is 38.4 Å². The lowest BCUT2D eigenvalue weighted by Gasteiger charge is -2.27. The number of H-pyrrole nitrogens is 1. The van der Waals surface area contributed by atoms with Gasteiger partial charge in [-0.3, -0.25) is 43.3 Å². The number of thiol groups is 1. The molecule has 7 atom stereocenters. The summed E-state index contributed by atoms with van der Waals surface area (Å²) in [4.78, 5) is 122. The fraction of sp³-hybridized carbons (Fsp3) is 0.561. The van der Waals surface area contributed by atoms with E-state index in [9.17, 15) is 38.4 Å². The van der Waals surface area contributed by atoms with Gasteiger partial charge < -0.3 is 65.1 Å². The second kappa shape index (κ2) is 27.1. The fourth-order valence-corrected chi connectivity index (χ4v) is 7.03. The van der Waals surface area contributed by atoms with Gasteiger partial charge in [-0.1, -0.05) is 44.2 Å². The first-order valence-corrected chi connectivity index (χ1v) is 21.9. The Hall–Kier alpha value is -6.23. The molecule has 1 fully saturated rings. The first kappa shape index (κ1) is 52.1. The maximum atomic E-state index is 14.3. The third-order valence-corrected chi connectivity index (χ3v) is 10.5. The average molecular weight is 913 g/mol. The lowest BCUT2D eigenvalue weighted by Crippen LogP contribution is -2.60. The summed E-state index contributed by atoms with van der Waals surface area (Å²) in [6.07, 6.45) is 3.22. The molecule has 0 unspecified atom stereocenters. The molecule has 1 aliphatic heterocycles. The summed E-state index contributed by atoms with van der Waals surface area (Å²) in [6, 6.07) is -0.536. The van der Waals surface area contributed by atoms with Crippen molar-refractivity contribution in [1.82, 2.24) is 47.2 Å². The van der Waals surface area contributed by atoms with Crippen LogP contribution in [0.2, 0.25) is 0 Å². The normalized spacial score (nSPS) is 23.3. The van der Waals surface area contributed by atoms with Gasteiger partial charge in [0.15, 0.2) is 5.96 Å². The SMILES string of the molecule is CC(C)C[C@@H]1NC(=O)[C@H](CS)NC(=O)[C@H](CCCCN)NC(=O)[C@H](CCCN=C(N)N)NC(=O)[C@H](CCC(N)=O)NC(=O)[C@H](Cc2ccccc2)NC(=O)[C@H](Cc2cnc[nH]2)NC1=O. The van der Waals surface area contributed by atoms with Crippen LogP contribution in [-0.2, 0) is 51.2 Å². The highest BCUT2D eigenvalue weighted by molar-refractivity contribution is 7.80. The zero-order valence-electron chi connectivity index (χ0n) is 36.3. The molecule has 64 heavy (non-hydrogen) atoms. The van der Waals surface area contributed by atoms with Gasteiger partial charge >= 0.3 is 0 Å². The average Bonchev–Trinajstić information content (AvgIpc) is 3.76. The van der Waals surface area contributed by atoms with Crippen LogP contribution in [0.15, 0.2) is 47.8 Å². The summed E-state index contributed by atoms with van der Waals surface area (Å²) in [5.41, 5.74) is 23.3. The third-order valence-electron chi connectivity index (χ3n) is 10.2. The van der Waals surface area contributed by atoms with E-state index in [0.29, 0.717) is 30.6 Å². The van der Waals surface area contributed by atoms with Gasteiger partial charge in [0.05, 0.1) is 6.33 Å². The molecular formula is C41H64N14O8S. The monoisotopic (exact) mass is 912 g/mol. The van der Waals surface area contributed by atoms with Crippen molar-refractivity contribution in [3.05, 3.63) is 54.1 Å². The van der Waals surface area contributed by atoms with Gasteiger partial charge in [0.1, 0.15) is 42.3 Å². The summed E-state index contributed by atoms with van der Waals surface area (Å²) in [7, 11) is 0. The Morgan fingerprint density at radius 2 is 1.14 bits per heavy atom. The summed E-state index contributed by atoms with van der Waals surface area (Å²) in [5, 5.41) is 18.7. The molecule has 1 aromatic heterocycles. The summed E-state index contributed by atoms with van der Waals surface area (Å²) in [6.45, 7) is 4.02. The summed E-state index contributed by atoms with van der Waals surface area (Å²) >= 11 is 4.31. The van der Waals surface area contributed by atoms with Crippen molar-refractivity contribution in [3.63, 3.8) is 0 Å². The number of nitrogens with one attached hydrogen (secondary N) is 8. The molecule has 8 amide bonds. The van der Waals surface area contributed by atoms with Crippen LogP contribution < -0.4 is 60.2 Å². The number of unbranched alkanes of at least 4 members (excludes halogenated alkanes) is 1. The van der Waals surface area contributed by atoms with E-state index in [2.05, 4.69) is 64.8 Å². The third kappa shape index (κ3) is 18.2. The second-order valence-electron chi connectivity index (χ2n) is 15.9. The molecule has 16 N–H and O–H groups in total. The number of hydrogen-bond donors (Lipinski definition) is 13. The summed E-state index contributed by atoms with van der Waals surface area (Å²) in [5.74, 6) is -6.89. The topological polar surface area (TPSA) is 366 Å². The van der Waals surface area contributed by atoms with E-state index in [1.165, 1.54) is 12.5 Å². The van der Waals surface area contributed by atoms with E-state index in [-0.39, 0.29) is 75.5 Å². The van der Waals surface area contributed by atoms with Crippen molar-refractivity contribution in [2.45, 2.75) is 120 Å². The van der Waals surface area contributed by atoms with E-state index in [1.807, 2.05) is 13.8 Å². The number of nitrogens with two attached hydrogens (primary N) is 4. The Balaban J connectivity index is 2.18. The highest BCUT2D eigenvalue weighted by Crippen LogP contribution is 2.12. The van der Waals surface area contributed by atoms with Gasteiger partial charge in [0.2, 0.25) is 47.3 Å². The predicted octanol–water partition coefficient (Wildman–Crippen LogP) is -2.97.